The largest absolute Gasteiger partial charge is 0.289 e. The van der Waals surface area contributed by atoms with Crippen molar-refractivity contribution in [3.05, 3.63) is 21.4 Å². The second kappa shape index (κ2) is 2.21. The lowest BCUT2D eigenvalue weighted by Crippen LogP contribution is -2.12. The molecule has 0 amide bonds. The van der Waals surface area contributed by atoms with Crippen LogP contribution in [0.15, 0.2) is 4.79 Å². The smallest absolute Gasteiger partial charge is 0.186 e. The summed E-state index contributed by atoms with van der Waals surface area (Å²) in [6, 6.07) is 0. The van der Waals surface area contributed by atoms with Crippen LogP contribution in [0.2, 0.25) is 0 Å². The van der Waals surface area contributed by atoms with E-state index < -0.39 is 0 Å². The maximum absolute atomic E-state index is 11.4. The summed E-state index contributed by atoms with van der Waals surface area (Å²) in [6.07, 6.45) is 0. The number of hydrogen-bond donors (Lipinski definition) is 0. The van der Waals surface area contributed by atoms with Crippen LogP contribution in [0.25, 0.3) is 0 Å². The average Bonchev–Trinajstić information content (AvgIpc) is 2.35. The van der Waals surface area contributed by atoms with Crippen molar-refractivity contribution in [1.82, 2.24) is 0 Å². The second-order valence-corrected chi connectivity index (χ2v) is 5.58. The van der Waals surface area contributed by atoms with Gasteiger partial charge in [-0.25, -0.2) is 0 Å². The highest BCUT2D eigenvalue weighted by Gasteiger charge is 2.38. The van der Waals surface area contributed by atoms with Crippen LogP contribution in [0.3, 0.4) is 0 Å². The first-order valence-electron chi connectivity index (χ1n) is 4.45. The molecule has 0 aliphatic carbocycles. The van der Waals surface area contributed by atoms with E-state index in [1.165, 1.54) is 0 Å². The molecule has 0 radical (unpaired) electrons. The normalized spacial score (nSPS) is 14.2. The summed E-state index contributed by atoms with van der Waals surface area (Å²) in [5.74, 6) is 0. The van der Waals surface area contributed by atoms with Gasteiger partial charge in [0, 0.05) is 11.1 Å². The van der Waals surface area contributed by atoms with Crippen LogP contribution >= 0.6 is 0 Å². The molecule has 0 aromatic heterocycles. The van der Waals surface area contributed by atoms with Crippen molar-refractivity contribution < 1.29 is 0 Å². The van der Waals surface area contributed by atoms with E-state index in [0.29, 0.717) is 5.43 Å². The van der Waals surface area contributed by atoms with E-state index in [0.717, 1.165) is 11.1 Å². The molecule has 0 heterocycles. The minimum atomic E-state index is 0.0414. The third-order valence-corrected chi connectivity index (χ3v) is 2.14. The van der Waals surface area contributed by atoms with E-state index in [2.05, 4.69) is 41.5 Å². The number of hydrogen-bond acceptors (Lipinski definition) is 1. The van der Waals surface area contributed by atoms with Crippen molar-refractivity contribution in [2.24, 2.45) is 0 Å². The van der Waals surface area contributed by atoms with Crippen molar-refractivity contribution in [3.8, 4) is 0 Å². The Kier molecular flexibility index (Phi) is 1.75. The molecule has 0 saturated heterocycles. The lowest BCUT2D eigenvalue weighted by molar-refractivity contribution is 0.563. The van der Waals surface area contributed by atoms with Crippen LogP contribution in [0.4, 0.5) is 0 Å². The predicted molar refractivity (Wildman–Crippen MR) is 52.5 cm³/mol. The first-order chi connectivity index (χ1) is 5.15. The van der Waals surface area contributed by atoms with Crippen molar-refractivity contribution >= 4 is 0 Å². The molecule has 0 atom stereocenters. The van der Waals surface area contributed by atoms with E-state index in [1.807, 2.05) is 0 Å². The summed E-state index contributed by atoms with van der Waals surface area (Å²) in [5, 5.41) is 0. The lowest BCUT2D eigenvalue weighted by atomic mass is 9.86. The molecule has 1 heteroatoms. The van der Waals surface area contributed by atoms with Gasteiger partial charge >= 0.3 is 0 Å². The number of rotatable bonds is 0. The van der Waals surface area contributed by atoms with Crippen LogP contribution in [-0.2, 0) is 10.8 Å². The molecule has 0 N–H and O–H groups in total. The lowest BCUT2D eigenvalue weighted by Gasteiger charge is -2.16. The van der Waals surface area contributed by atoms with Gasteiger partial charge in [-0.15, -0.1) is 0 Å². The predicted octanol–water partition coefficient (Wildman–Crippen LogP) is 2.52. The molecule has 0 spiro atoms. The Balaban J connectivity index is 3.03. The first kappa shape index (κ1) is 9.50. The van der Waals surface area contributed by atoms with Gasteiger partial charge < -0.3 is 0 Å². The molecule has 1 nitrogen and oxygen atoms in total. The highest BCUT2D eigenvalue weighted by molar-refractivity contribution is 5.48. The summed E-state index contributed by atoms with van der Waals surface area (Å²) in [4.78, 5) is 11.4. The topological polar surface area (TPSA) is 17.1 Å². The minimum Gasteiger partial charge on any atom is -0.289 e. The summed E-state index contributed by atoms with van der Waals surface area (Å²) in [6.45, 7) is 12.6. The molecule has 1 rings (SSSR count). The average molecular weight is 166 g/mol. The zero-order valence-electron chi connectivity index (χ0n) is 8.91. The van der Waals surface area contributed by atoms with Crippen molar-refractivity contribution in [2.75, 3.05) is 0 Å². The Bertz CT molecular complexity index is 269. The fraction of sp³-hybridized carbons (Fsp3) is 0.727. The molecule has 0 aliphatic rings. The standard InChI is InChI=1S/C11H18O/c1-10(2,3)7-8(9(7)12)11(4,5)6/h1-6H3. The minimum absolute atomic E-state index is 0.0414. The Labute approximate surface area is 74.5 Å². The fourth-order valence-electron chi connectivity index (χ4n) is 1.60. The van der Waals surface area contributed by atoms with Crippen molar-refractivity contribution in [3.63, 3.8) is 0 Å². The van der Waals surface area contributed by atoms with Gasteiger partial charge in [0.15, 0.2) is 5.43 Å². The SMILES string of the molecule is CC(C)(C)c1c(C(C)(C)C)c1=O. The van der Waals surface area contributed by atoms with Gasteiger partial charge in [-0.05, 0) is 10.8 Å². The maximum atomic E-state index is 11.4. The Morgan fingerprint density at radius 2 is 1.00 bits per heavy atom. The highest BCUT2D eigenvalue weighted by atomic mass is 16.1. The summed E-state index contributed by atoms with van der Waals surface area (Å²) < 4.78 is 0. The fourth-order valence-corrected chi connectivity index (χ4v) is 1.60. The molecular formula is C11H18O. The first-order valence-corrected chi connectivity index (χ1v) is 4.45. The zero-order valence-corrected chi connectivity index (χ0v) is 8.91. The van der Waals surface area contributed by atoms with E-state index in [4.69, 9.17) is 0 Å². The molecule has 0 bridgehead atoms. The van der Waals surface area contributed by atoms with Gasteiger partial charge in [0.2, 0.25) is 0 Å². The van der Waals surface area contributed by atoms with Crippen molar-refractivity contribution in [2.45, 2.75) is 52.4 Å². The molecule has 0 fully saturated rings. The summed E-state index contributed by atoms with van der Waals surface area (Å²) >= 11 is 0. The maximum Gasteiger partial charge on any atom is 0.186 e. The molecular weight excluding hydrogens is 148 g/mol. The van der Waals surface area contributed by atoms with Crippen LogP contribution in [0, 0.1) is 0 Å². The second-order valence-electron chi connectivity index (χ2n) is 5.58. The third-order valence-electron chi connectivity index (χ3n) is 2.14. The Morgan fingerprint density at radius 3 is 1.08 bits per heavy atom. The van der Waals surface area contributed by atoms with E-state index in [1.54, 1.807) is 0 Å². The monoisotopic (exact) mass is 166 g/mol. The molecule has 1 aromatic carbocycles. The van der Waals surface area contributed by atoms with E-state index in [9.17, 15) is 4.79 Å². The molecule has 0 unspecified atom stereocenters. The molecule has 0 saturated carbocycles. The highest BCUT2D eigenvalue weighted by Crippen LogP contribution is 2.35. The van der Waals surface area contributed by atoms with Crippen molar-refractivity contribution in [1.29, 1.82) is 0 Å². The molecule has 1 aromatic rings. The van der Waals surface area contributed by atoms with Crippen LogP contribution in [0.5, 0.6) is 0 Å². The Hall–Kier alpha value is -0.590. The Morgan fingerprint density at radius 1 is 0.750 bits per heavy atom. The third kappa shape index (κ3) is 1.45. The van der Waals surface area contributed by atoms with Gasteiger partial charge in [0.05, 0.1) is 0 Å². The zero-order chi connectivity index (χ0) is 9.73. The van der Waals surface area contributed by atoms with Gasteiger partial charge in [0.1, 0.15) is 0 Å². The summed E-state index contributed by atoms with van der Waals surface area (Å²) in [7, 11) is 0. The quantitative estimate of drug-likeness (QED) is 0.579. The van der Waals surface area contributed by atoms with Gasteiger partial charge in [-0.1, -0.05) is 41.5 Å². The van der Waals surface area contributed by atoms with Crippen LogP contribution < -0.4 is 5.43 Å². The molecule has 68 valence electrons. The van der Waals surface area contributed by atoms with Crippen LogP contribution in [0.1, 0.15) is 52.7 Å². The van der Waals surface area contributed by atoms with E-state index >= 15 is 0 Å². The van der Waals surface area contributed by atoms with Gasteiger partial charge in [0.25, 0.3) is 0 Å². The summed E-state index contributed by atoms with van der Waals surface area (Å²) in [5.41, 5.74) is 2.49. The van der Waals surface area contributed by atoms with Gasteiger partial charge in [-0.3, -0.25) is 4.79 Å². The molecule has 0 aliphatic heterocycles. The van der Waals surface area contributed by atoms with Crippen LogP contribution in [-0.4, -0.2) is 0 Å². The van der Waals surface area contributed by atoms with E-state index in [-0.39, 0.29) is 10.8 Å². The molecule has 12 heavy (non-hydrogen) atoms. The van der Waals surface area contributed by atoms with Gasteiger partial charge in [-0.2, -0.15) is 0 Å².